The van der Waals surface area contributed by atoms with Crippen LogP contribution in [0.1, 0.15) is 27.3 Å². The van der Waals surface area contributed by atoms with E-state index >= 15 is 0 Å². The summed E-state index contributed by atoms with van der Waals surface area (Å²) < 4.78 is 12.6. The molecule has 11 heteroatoms. The summed E-state index contributed by atoms with van der Waals surface area (Å²) in [5.74, 6) is 12.3. The molecule has 4 aromatic rings. The van der Waals surface area contributed by atoms with Gasteiger partial charge in [-0.15, -0.1) is 0 Å². The highest BCUT2D eigenvalue weighted by Crippen LogP contribution is 2.29. The molecule has 0 bridgehead atoms. The fourth-order valence-corrected chi connectivity index (χ4v) is 5.07. The third kappa shape index (κ3) is 4.78. The van der Waals surface area contributed by atoms with Crippen LogP contribution in [0.4, 0.5) is 0 Å². The molecule has 2 saturated heterocycles. The minimum absolute atomic E-state index is 0.195. The van der Waals surface area contributed by atoms with Gasteiger partial charge in [0.15, 0.2) is 5.65 Å². The Morgan fingerprint density at radius 1 is 0.974 bits per heavy atom. The Morgan fingerprint density at radius 3 is 2.15 bits per heavy atom. The van der Waals surface area contributed by atoms with E-state index in [4.69, 9.17) is 15.2 Å². The molecule has 3 aromatic heterocycles. The van der Waals surface area contributed by atoms with Gasteiger partial charge < -0.3 is 25.2 Å². The maximum absolute atomic E-state index is 12.7. The minimum Gasteiger partial charge on any atom is -0.379 e. The number of primary amides is 1. The Kier molecular flexibility index (Phi) is 6.81. The van der Waals surface area contributed by atoms with Crippen molar-refractivity contribution >= 4 is 33.8 Å². The van der Waals surface area contributed by atoms with Crippen LogP contribution in [0, 0.1) is 30.6 Å². The lowest BCUT2D eigenvalue weighted by atomic mass is 10.2. The predicted octanol–water partition coefficient (Wildman–Crippen LogP) is 0.432. The minimum atomic E-state index is -0.654. The fourth-order valence-electron chi connectivity index (χ4n) is 5.07. The molecule has 0 unspecified atom stereocenters. The Balaban J connectivity index is 1.51. The van der Waals surface area contributed by atoms with E-state index in [1.54, 1.807) is 10.5 Å². The summed E-state index contributed by atoms with van der Waals surface area (Å²) >= 11 is 0. The zero-order chi connectivity index (χ0) is 26.9. The average molecular weight is 528 g/mol. The molecule has 0 saturated carbocycles. The molecular weight excluding hydrogens is 498 g/mol. The smallest absolute Gasteiger partial charge is 0.254 e. The highest BCUT2D eigenvalue weighted by Gasteiger charge is 2.24. The van der Waals surface area contributed by atoms with Crippen molar-refractivity contribution in [3.05, 3.63) is 44.9 Å². The van der Waals surface area contributed by atoms with Crippen LogP contribution in [-0.4, -0.2) is 101 Å². The number of nitrogens with one attached hydrogen (secondary N) is 2. The number of carbonyl (C=O) groups is 1. The van der Waals surface area contributed by atoms with E-state index in [9.17, 15) is 9.59 Å². The number of amides is 1. The van der Waals surface area contributed by atoms with E-state index < -0.39 is 5.91 Å². The molecular formula is C28H29N7O4. The van der Waals surface area contributed by atoms with Crippen molar-refractivity contribution in [3.8, 4) is 23.7 Å². The van der Waals surface area contributed by atoms with Gasteiger partial charge in [-0.05, 0) is 30.4 Å². The van der Waals surface area contributed by atoms with Gasteiger partial charge in [0, 0.05) is 26.2 Å². The first-order valence-corrected chi connectivity index (χ1v) is 13.0. The van der Waals surface area contributed by atoms with Crippen LogP contribution in [-0.2, 0) is 9.47 Å². The number of aromatic amines is 2. The number of ether oxygens (including phenoxy) is 2. The number of imidazole rings is 1. The van der Waals surface area contributed by atoms with Gasteiger partial charge in [0.05, 0.1) is 50.6 Å². The number of aromatic nitrogens is 4. The first-order chi connectivity index (χ1) is 19.0. The van der Waals surface area contributed by atoms with Crippen molar-refractivity contribution in [2.24, 2.45) is 5.73 Å². The van der Waals surface area contributed by atoms with E-state index in [-0.39, 0.29) is 16.5 Å². The van der Waals surface area contributed by atoms with E-state index in [0.29, 0.717) is 73.2 Å². The van der Waals surface area contributed by atoms with E-state index in [2.05, 4.69) is 48.4 Å². The zero-order valence-corrected chi connectivity index (χ0v) is 21.7. The number of morpholine rings is 2. The van der Waals surface area contributed by atoms with Crippen LogP contribution in [0.5, 0.6) is 0 Å². The topological polar surface area (TPSA) is 134 Å². The highest BCUT2D eigenvalue weighted by atomic mass is 16.5. The van der Waals surface area contributed by atoms with Gasteiger partial charge in [-0.2, -0.15) is 0 Å². The fraction of sp³-hybridized carbons (Fsp3) is 0.393. The van der Waals surface area contributed by atoms with Gasteiger partial charge in [-0.3, -0.25) is 23.8 Å². The van der Waals surface area contributed by atoms with Crippen LogP contribution in [0.2, 0.25) is 0 Å². The van der Waals surface area contributed by atoms with Crippen molar-refractivity contribution in [1.29, 1.82) is 0 Å². The predicted molar refractivity (Wildman–Crippen MR) is 147 cm³/mol. The van der Waals surface area contributed by atoms with Crippen molar-refractivity contribution in [1.82, 2.24) is 29.2 Å². The van der Waals surface area contributed by atoms with Crippen LogP contribution in [0.15, 0.2) is 16.9 Å². The number of hydrogen-bond acceptors (Lipinski definition) is 7. The molecule has 39 heavy (non-hydrogen) atoms. The van der Waals surface area contributed by atoms with Gasteiger partial charge in [0.2, 0.25) is 5.43 Å². The molecule has 2 aliphatic heterocycles. The number of nitrogens with two attached hydrogens (primary N) is 1. The third-order valence-corrected chi connectivity index (χ3v) is 7.13. The molecule has 0 atom stereocenters. The third-order valence-electron chi connectivity index (χ3n) is 7.13. The average Bonchev–Trinajstić information content (AvgIpc) is 3.47. The van der Waals surface area contributed by atoms with Gasteiger partial charge in [0.25, 0.3) is 5.91 Å². The SMILES string of the molecule is Cc1ccc(=O)c2nc3c(C(N)=O)c4[nH]c(C#CCN5CCOCC5)c(C#CCN5CCOCC5)[nH]c4n3c12. The first kappa shape index (κ1) is 25.2. The van der Waals surface area contributed by atoms with Gasteiger partial charge in [-0.1, -0.05) is 17.9 Å². The maximum atomic E-state index is 12.7. The van der Waals surface area contributed by atoms with E-state index in [1.165, 1.54) is 6.07 Å². The lowest BCUT2D eigenvalue weighted by Crippen LogP contribution is -2.36. The van der Waals surface area contributed by atoms with Gasteiger partial charge in [0.1, 0.15) is 28.1 Å². The quantitative estimate of drug-likeness (QED) is 0.329. The molecule has 200 valence electrons. The summed E-state index contributed by atoms with van der Waals surface area (Å²) in [6, 6.07) is 3.23. The van der Waals surface area contributed by atoms with Gasteiger partial charge >= 0.3 is 0 Å². The molecule has 4 N–H and O–H groups in total. The molecule has 1 aromatic carbocycles. The Morgan fingerprint density at radius 2 is 1.56 bits per heavy atom. The molecule has 11 nitrogen and oxygen atoms in total. The van der Waals surface area contributed by atoms with Crippen molar-refractivity contribution in [2.45, 2.75) is 6.92 Å². The molecule has 0 radical (unpaired) electrons. The summed E-state index contributed by atoms with van der Waals surface area (Å²) in [5, 5.41) is 0. The number of carbonyl (C=O) groups excluding carboxylic acids is 1. The number of aryl methyl sites for hydroxylation is 1. The maximum Gasteiger partial charge on any atom is 0.254 e. The lowest BCUT2D eigenvalue weighted by Gasteiger charge is -2.24. The summed E-state index contributed by atoms with van der Waals surface area (Å²) in [7, 11) is 0. The molecule has 5 heterocycles. The van der Waals surface area contributed by atoms with Crippen LogP contribution >= 0.6 is 0 Å². The number of rotatable bonds is 3. The standard InChI is InChI=1S/C28H29N7O4/c1-18-6-7-21(36)23-25(18)35-27(32-23)22(26(29)37)24-28(35)31-20(5-3-9-34-12-16-39-17-13-34)19(30-24)4-2-8-33-10-14-38-15-11-33/h6-7,30-31H,8-17H2,1H3,(H2,29,37). The van der Waals surface area contributed by atoms with Crippen LogP contribution < -0.4 is 11.2 Å². The molecule has 6 rings (SSSR count). The number of nitrogens with zero attached hydrogens (tertiary/aromatic N) is 4. The Hall–Kier alpha value is -4.13. The highest BCUT2D eigenvalue weighted by molar-refractivity contribution is 6.12. The van der Waals surface area contributed by atoms with Crippen molar-refractivity contribution in [3.63, 3.8) is 0 Å². The first-order valence-electron chi connectivity index (χ1n) is 13.0. The molecule has 2 fully saturated rings. The molecule has 2 aliphatic rings. The second kappa shape index (κ2) is 10.6. The number of fused-ring (bicyclic) bond motifs is 5. The Bertz CT molecular complexity index is 1760. The van der Waals surface area contributed by atoms with Crippen molar-refractivity contribution in [2.75, 3.05) is 65.7 Å². The Labute approximate surface area is 224 Å². The lowest BCUT2D eigenvalue weighted by molar-refractivity contribution is 0.0443. The van der Waals surface area contributed by atoms with Crippen LogP contribution in [0.3, 0.4) is 0 Å². The van der Waals surface area contributed by atoms with Crippen molar-refractivity contribution < 1.29 is 14.3 Å². The van der Waals surface area contributed by atoms with E-state index in [0.717, 1.165) is 31.7 Å². The normalized spacial score (nSPS) is 16.7. The zero-order valence-electron chi connectivity index (χ0n) is 21.7. The molecule has 1 amide bonds. The summed E-state index contributed by atoms with van der Waals surface area (Å²) in [5.41, 5.74) is 10.0. The monoisotopic (exact) mass is 527 g/mol. The second-order valence-electron chi connectivity index (χ2n) is 9.69. The number of hydrogen-bond donors (Lipinski definition) is 3. The number of benzene rings is 1. The van der Waals surface area contributed by atoms with E-state index in [1.807, 2.05) is 6.92 Å². The molecule has 0 aliphatic carbocycles. The number of H-pyrrole nitrogens is 2. The summed E-state index contributed by atoms with van der Waals surface area (Å²) in [4.78, 5) is 41.0. The van der Waals surface area contributed by atoms with Crippen LogP contribution in [0.25, 0.3) is 27.8 Å². The second-order valence-corrected chi connectivity index (χ2v) is 9.69. The largest absolute Gasteiger partial charge is 0.379 e. The summed E-state index contributed by atoms with van der Waals surface area (Å²) in [6.07, 6.45) is 0. The van der Waals surface area contributed by atoms with Gasteiger partial charge in [-0.25, -0.2) is 4.98 Å². The molecule has 0 spiro atoms. The summed E-state index contributed by atoms with van der Waals surface area (Å²) in [6.45, 7) is 9.17.